The number of thioether (sulfide) groups is 1. The van der Waals surface area contributed by atoms with E-state index in [1.807, 2.05) is 36.6 Å². The molecule has 1 amide bonds. The van der Waals surface area contributed by atoms with Crippen molar-refractivity contribution >= 4 is 29.3 Å². The lowest BCUT2D eigenvalue weighted by Crippen LogP contribution is -2.34. The number of carbonyl (C=O) groups is 1. The van der Waals surface area contributed by atoms with Crippen molar-refractivity contribution in [1.29, 1.82) is 0 Å². The third kappa shape index (κ3) is 4.86. The van der Waals surface area contributed by atoms with Gasteiger partial charge in [0, 0.05) is 30.2 Å². The van der Waals surface area contributed by atoms with E-state index in [-0.39, 0.29) is 18.8 Å². The van der Waals surface area contributed by atoms with Gasteiger partial charge in [-0.1, -0.05) is 29.4 Å². The summed E-state index contributed by atoms with van der Waals surface area (Å²) < 4.78 is 16.7. The molecular formula is C24H22ClN3O4S. The highest BCUT2D eigenvalue weighted by Gasteiger charge is 2.26. The maximum atomic E-state index is 12.4. The Kier molecular flexibility index (Phi) is 6.28. The number of aryl methyl sites for hydroxylation is 1. The first-order valence-electron chi connectivity index (χ1n) is 10.6. The smallest absolute Gasteiger partial charge is 0.231 e. The number of hydrogen-bond donors (Lipinski definition) is 1. The summed E-state index contributed by atoms with van der Waals surface area (Å²) in [5.41, 5.74) is 3.79. The zero-order valence-electron chi connectivity index (χ0n) is 18.0. The molecule has 7 nitrogen and oxygen atoms in total. The van der Waals surface area contributed by atoms with Crippen molar-refractivity contribution < 1.29 is 19.0 Å². The Bertz CT molecular complexity index is 1210. The highest BCUT2D eigenvalue weighted by atomic mass is 35.5. The molecule has 1 atom stereocenters. The lowest BCUT2D eigenvalue weighted by atomic mass is 10.0. The second-order valence-corrected chi connectivity index (χ2v) is 8.99. The molecule has 3 aromatic rings. The number of benzene rings is 2. The molecule has 0 aliphatic carbocycles. The number of aromatic nitrogens is 2. The maximum Gasteiger partial charge on any atom is 0.231 e. The molecule has 1 N–H and O–H groups in total. The molecule has 2 aliphatic heterocycles. The largest absolute Gasteiger partial charge is 0.486 e. The van der Waals surface area contributed by atoms with E-state index in [4.69, 9.17) is 25.8 Å². The average molecular weight is 484 g/mol. The summed E-state index contributed by atoms with van der Waals surface area (Å²) in [4.78, 5) is 21.2. The van der Waals surface area contributed by atoms with Crippen molar-refractivity contribution in [3.05, 3.63) is 58.7 Å². The second-order valence-electron chi connectivity index (χ2n) is 7.81. The summed E-state index contributed by atoms with van der Waals surface area (Å²) >= 11 is 8.00. The predicted octanol–water partition coefficient (Wildman–Crippen LogP) is 4.30. The van der Waals surface area contributed by atoms with Crippen LogP contribution in [0.5, 0.6) is 17.2 Å². The lowest BCUT2D eigenvalue weighted by molar-refractivity contribution is -0.121. The molecule has 0 bridgehead atoms. The third-order valence-corrected chi connectivity index (χ3v) is 6.41. The van der Waals surface area contributed by atoms with Crippen LogP contribution in [-0.2, 0) is 17.6 Å². The van der Waals surface area contributed by atoms with Gasteiger partial charge in [-0.2, -0.15) is 0 Å². The average Bonchev–Trinajstić information content (AvgIpc) is 3.48. The van der Waals surface area contributed by atoms with Crippen LogP contribution < -0.4 is 19.5 Å². The number of nitrogens with zero attached hydrogens (tertiary/aromatic N) is 2. The first-order valence-corrected chi connectivity index (χ1v) is 12.2. The van der Waals surface area contributed by atoms with Crippen molar-refractivity contribution in [2.24, 2.45) is 0 Å². The number of halogens is 1. The van der Waals surface area contributed by atoms with Gasteiger partial charge < -0.3 is 19.5 Å². The summed E-state index contributed by atoms with van der Waals surface area (Å²) in [6, 6.07) is 11.5. The minimum atomic E-state index is -0.158. The first kappa shape index (κ1) is 21.9. The van der Waals surface area contributed by atoms with Gasteiger partial charge in [-0.3, -0.25) is 4.79 Å². The van der Waals surface area contributed by atoms with Gasteiger partial charge in [-0.05, 0) is 48.6 Å². The minimum absolute atomic E-state index is 0.0235. The number of ether oxygens (including phenoxy) is 3. The van der Waals surface area contributed by atoms with Crippen molar-refractivity contribution in [2.45, 2.75) is 30.5 Å². The van der Waals surface area contributed by atoms with E-state index in [2.05, 4.69) is 21.4 Å². The zero-order chi connectivity index (χ0) is 22.8. The van der Waals surface area contributed by atoms with Crippen molar-refractivity contribution in [3.63, 3.8) is 0 Å². The molecule has 3 heterocycles. The van der Waals surface area contributed by atoms with Crippen LogP contribution >= 0.6 is 23.4 Å². The van der Waals surface area contributed by atoms with E-state index in [1.165, 1.54) is 11.8 Å². The van der Waals surface area contributed by atoms with Crippen LogP contribution in [0.4, 0.5) is 0 Å². The van der Waals surface area contributed by atoms with Gasteiger partial charge in [0.25, 0.3) is 0 Å². The zero-order valence-corrected chi connectivity index (χ0v) is 19.5. The minimum Gasteiger partial charge on any atom is -0.486 e. The van der Waals surface area contributed by atoms with Crippen LogP contribution in [-0.4, -0.2) is 41.6 Å². The fraction of sp³-hybridized carbons (Fsp3) is 0.292. The molecule has 2 aliphatic rings. The van der Waals surface area contributed by atoms with Gasteiger partial charge in [0.1, 0.15) is 11.9 Å². The van der Waals surface area contributed by atoms with E-state index in [9.17, 15) is 4.79 Å². The van der Waals surface area contributed by atoms with Gasteiger partial charge in [0.15, 0.2) is 16.7 Å². The molecule has 9 heteroatoms. The van der Waals surface area contributed by atoms with Gasteiger partial charge in [0.2, 0.25) is 12.7 Å². The monoisotopic (exact) mass is 483 g/mol. The summed E-state index contributed by atoms with van der Waals surface area (Å²) in [5.74, 6) is 2.13. The molecule has 0 saturated heterocycles. The number of carbonyl (C=O) groups excluding carboxylic acids is 1. The van der Waals surface area contributed by atoms with E-state index in [0.717, 1.165) is 33.9 Å². The molecule has 0 radical (unpaired) electrons. The molecule has 33 heavy (non-hydrogen) atoms. The van der Waals surface area contributed by atoms with Crippen molar-refractivity contribution in [3.8, 4) is 28.5 Å². The highest BCUT2D eigenvalue weighted by Crippen LogP contribution is 2.39. The van der Waals surface area contributed by atoms with Gasteiger partial charge in [-0.25, -0.2) is 9.97 Å². The standard InChI is InChI=1S/C24H22ClN3O4S/c1-33-24-26-7-6-19(28-24)15-9-16-10-17(32-23(16)18(25)11-15)12-27-22(29)5-3-14-2-4-20-21(8-14)31-13-30-20/h2,4,6-9,11,17H,3,5,10,12-13H2,1H3,(H,27,29). The van der Waals surface area contributed by atoms with E-state index in [0.29, 0.717) is 41.7 Å². The fourth-order valence-corrected chi connectivity index (χ4v) is 4.56. The van der Waals surface area contributed by atoms with E-state index in [1.54, 1.807) is 6.20 Å². The highest BCUT2D eigenvalue weighted by molar-refractivity contribution is 7.98. The number of fused-ring (bicyclic) bond motifs is 2. The molecule has 2 aromatic carbocycles. The molecule has 1 aromatic heterocycles. The van der Waals surface area contributed by atoms with E-state index >= 15 is 0 Å². The summed E-state index contributed by atoms with van der Waals surface area (Å²) in [6.07, 6.45) is 5.21. The van der Waals surface area contributed by atoms with Crippen molar-refractivity contribution in [1.82, 2.24) is 15.3 Å². The second kappa shape index (κ2) is 9.49. The normalized spacial score (nSPS) is 15.8. The van der Waals surface area contributed by atoms with Crippen LogP contribution in [0.25, 0.3) is 11.3 Å². The van der Waals surface area contributed by atoms with Gasteiger partial charge in [0.05, 0.1) is 17.3 Å². The summed E-state index contributed by atoms with van der Waals surface area (Å²) in [5, 5.41) is 4.23. The fourth-order valence-electron chi connectivity index (χ4n) is 3.92. The maximum absolute atomic E-state index is 12.4. The molecule has 5 rings (SSSR count). The first-order chi connectivity index (χ1) is 16.1. The predicted molar refractivity (Wildman–Crippen MR) is 126 cm³/mol. The Hall–Kier alpha value is -2.97. The van der Waals surface area contributed by atoms with Crippen LogP contribution in [0.2, 0.25) is 5.02 Å². The van der Waals surface area contributed by atoms with Crippen molar-refractivity contribution in [2.75, 3.05) is 19.6 Å². The SMILES string of the molecule is CSc1nccc(-c2cc(Cl)c3c(c2)CC(CNC(=O)CCc2ccc4c(c2)OCO4)O3)n1. The Balaban J connectivity index is 1.16. The van der Waals surface area contributed by atoms with Gasteiger partial charge >= 0.3 is 0 Å². The topological polar surface area (TPSA) is 82.6 Å². The Morgan fingerprint density at radius 1 is 1.21 bits per heavy atom. The third-order valence-electron chi connectivity index (χ3n) is 5.57. The number of rotatable bonds is 7. The molecular weight excluding hydrogens is 462 g/mol. The molecule has 0 fully saturated rings. The Morgan fingerprint density at radius 2 is 2.09 bits per heavy atom. The Morgan fingerprint density at radius 3 is 2.97 bits per heavy atom. The summed E-state index contributed by atoms with van der Waals surface area (Å²) in [7, 11) is 0. The quantitative estimate of drug-likeness (QED) is 0.396. The molecule has 0 spiro atoms. The number of hydrogen-bond acceptors (Lipinski definition) is 7. The van der Waals surface area contributed by atoms with Crippen LogP contribution in [0.3, 0.4) is 0 Å². The molecule has 0 saturated carbocycles. The van der Waals surface area contributed by atoms with E-state index < -0.39 is 0 Å². The van der Waals surface area contributed by atoms with Crippen LogP contribution in [0.15, 0.2) is 47.8 Å². The Labute approximate surface area is 200 Å². The van der Waals surface area contributed by atoms with Crippen LogP contribution in [0.1, 0.15) is 17.5 Å². The molecule has 1 unspecified atom stereocenters. The lowest BCUT2D eigenvalue weighted by Gasteiger charge is -2.12. The van der Waals surface area contributed by atoms with Crippen LogP contribution in [0, 0.1) is 0 Å². The molecule has 170 valence electrons. The number of amides is 1. The number of nitrogens with one attached hydrogen (secondary N) is 1. The summed E-state index contributed by atoms with van der Waals surface area (Å²) in [6.45, 7) is 0.664. The van der Waals surface area contributed by atoms with Gasteiger partial charge in [-0.15, -0.1) is 0 Å².